The minimum Gasteiger partial charge on any atom is -0.345 e. The van der Waals surface area contributed by atoms with E-state index in [4.69, 9.17) is 0 Å². The molecule has 0 radical (unpaired) electrons. The van der Waals surface area contributed by atoms with E-state index in [2.05, 4.69) is 27.5 Å². The molecular formula is C13H15N3O2. The molecule has 94 valence electrons. The highest BCUT2D eigenvalue weighted by Gasteiger charge is 2.00. The Morgan fingerprint density at radius 1 is 1.28 bits per heavy atom. The molecule has 5 nitrogen and oxygen atoms in total. The van der Waals surface area contributed by atoms with Gasteiger partial charge in [0.25, 0.3) is 0 Å². The zero-order valence-corrected chi connectivity index (χ0v) is 10.6. The Balaban J connectivity index is 2.73. The highest BCUT2D eigenvalue weighted by molar-refractivity contribution is 5.87. The number of carbonyl (C=O) groups is 2. The third kappa shape index (κ3) is 4.66. The van der Waals surface area contributed by atoms with Gasteiger partial charge in [0.15, 0.2) is 0 Å². The van der Waals surface area contributed by atoms with Crippen molar-refractivity contribution in [3.8, 4) is 11.8 Å². The van der Waals surface area contributed by atoms with Crippen molar-refractivity contribution in [3.63, 3.8) is 0 Å². The Morgan fingerprint density at radius 2 is 2.00 bits per heavy atom. The van der Waals surface area contributed by atoms with Gasteiger partial charge < -0.3 is 10.6 Å². The van der Waals surface area contributed by atoms with E-state index in [0.29, 0.717) is 12.4 Å². The highest BCUT2D eigenvalue weighted by Crippen LogP contribution is 2.09. The van der Waals surface area contributed by atoms with Crippen LogP contribution in [-0.2, 0) is 9.59 Å². The van der Waals surface area contributed by atoms with Crippen LogP contribution < -0.4 is 10.6 Å². The number of anilines is 1. The second-order valence-corrected chi connectivity index (χ2v) is 3.72. The number of carbonyl (C=O) groups excluding carboxylic acids is 2. The second kappa shape index (κ2) is 6.40. The fourth-order valence-electron chi connectivity index (χ4n) is 1.25. The van der Waals surface area contributed by atoms with Crippen molar-refractivity contribution < 1.29 is 9.59 Å². The molecule has 2 amide bonds. The standard InChI is InChI=1S/C13H15N3O2/c1-9-12(5-4-8-14-10(2)17)6-7-13(15-9)16-11(3)18/h6-7H,8H2,1-3H3,(H,14,17)(H,15,16,18). The van der Waals surface area contributed by atoms with Crippen molar-refractivity contribution in [2.75, 3.05) is 11.9 Å². The summed E-state index contributed by atoms with van der Waals surface area (Å²) in [4.78, 5) is 25.7. The van der Waals surface area contributed by atoms with Crippen LogP contribution >= 0.6 is 0 Å². The SMILES string of the molecule is CC(=O)NCC#Cc1ccc(NC(C)=O)nc1C. The predicted octanol–water partition coefficient (Wildman–Crippen LogP) is 0.836. The molecule has 0 saturated heterocycles. The zero-order chi connectivity index (χ0) is 13.5. The van der Waals surface area contributed by atoms with E-state index >= 15 is 0 Å². The molecule has 0 aliphatic carbocycles. The summed E-state index contributed by atoms with van der Waals surface area (Å²) in [6.07, 6.45) is 0. The van der Waals surface area contributed by atoms with Gasteiger partial charge in [-0.25, -0.2) is 4.98 Å². The number of hydrogen-bond acceptors (Lipinski definition) is 3. The summed E-state index contributed by atoms with van der Waals surface area (Å²) in [7, 11) is 0. The number of aryl methyl sites for hydroxylation is 1. The topological polar surface area (TPSA) is 71.1 Å². The molecule has 0 bridgehead atoms. The number of amides is 2. The number of pyridine rings is 1. The molecule has 0 atom stereocenters. The molecule has 0 aromatic carbocycles. The van der Waals surface area contributed by atoms with Crippen LogP contribution in [0.1, 0.15) is 25.1 Å². The van der Waals surface area contributed by atoms with Crippen molar-refractivity contribution in [1.29, 1.82) is 0 Å². The molecule has 0 spiro atoms. The van der Waals surface area contributed by atoms with Gasteiger partial charge in [0.2, 0.25) is 11.8 Å². The third-order valence-corrected chi connectivity index (χ3v) is 2.04. The number of nitrogens with one attached hydrogen (secondary N) is 2. The summed E-state index contributed by atoms with van der Waals surface area (Å²) in [5.74, 6) is 5.97. The molecule has 2 N–H and O–H groups in total. The number of hydrogen-bond donors (Lipinski definition) is 2. The fourth-order valence-corrected chi connectivity index (χ4v) is 1.25. The number of nitrogens with zero attached hydrogens (tertiary/aromatic N) is 1. The van der Waals surface area contributed by atoms with Crippen molar-refractivity contribution in [1.82, 2.24) is 10.3 Å². The summed E-state index contributed by atoms with van der Waals surface area (Å²) in [5, 5.41) is 5.18. The Labute approximate surface area is 106 Å². The maximum absolute atomic E-state index is 10.9. The predicted molar refractivity (Wildman–Crippen MR) is 68.8 cm³/mol. The van der Waals surface area contributed by atoms with Crippen LogP contribution in [0.3, 0.4) is 0 Å². The quantitative estimate of drug-likeness (QED) is 0.758. The molecule has 0 aliphatic heterocycles. The van der Waals surface area contributed by atoms with E-state index in [1.807, 2.05) is 6.92 Å². The summed E-state index contributed by atoms with van der Waals surface area (Å²) in [6.45, 7) is 4.99. The van der Waals surface area contributed by atoms with Crippen molar-refractivity contribution in [2.45, 2.75) is 20.8 Å². The third-order valence-electron chi connectivity index (χ3n) is 2.04. The summed E-state index contributed by atoms with van der Waals surface area (Å²) < 4.78 is 0. The minimum absolute atomic E-state index is 0.111. The molecule has 0 saturated carbocycles. The van der Waals surface area contributed by atoms with Gasteiger partial charge in [-0.3, -0.25) is 9.59 Å². The van der Waals surface area contributed by atoms with Gasteiger partial charge in [-0.2, -0.15) is 0 Å². The van der Waals surface area contributed by atoms with Crippen LogP contribution in [0.15, 0.2) is 12.1 Å². The molecular weight excluding hydrogens is 230 g/mol. The monoisotopic (exact) mass is 245 g/mol. The van der Waals surface area contributed by atoms with Crippen LogP contribution in [0.2, 0.25) is 0 Å². The molecule has 1 aromatic rings. The molecule has 1 aromatic heterocycles. The summed E-state index contributed by atoms with van der Waals surface area (Å²) >= 11 is 0. The molecule has 0 aliphatic rings. The molecule has 0 unspecified atom stereocenters. The minimum atomic E-state index is -0.161. The Bertz CT molecular complexity index is 527. The smallest absolute Gasteiger partial charge is 0.222 e. The van der Waals surface area contributed by atoms with Gasteiger partial charge in [0.05, 0.1) is 12.2 Å². The molecule has 0 fully saturated rings. The lowest BCUT2D eigenvalue weighted by molar-refractivity contribution is -0.118. The van der Waals surface area contributed by atoms with Gasteiger partial charge in [-0.05, 0) is 19.1 Å². The van der Waals surface area contributed by atoms with Crippen LogP contribution in [0.4, 0.5) is 5.82 Å². The zero-order valence-electron chi connectivity index (χ0n) is 10.6. The van der Waals surface area contributed by atoms with Crippen LogP contribution in [-0.4, -0.2) is 23.3 Å². The van der Waals surface area contributed by atoms with Crippen molar-refractivity contribution >= 4 is 17.6 Å². The lowest BCUT2D eigenvalue weighted by Gasteiger charge is -2.03. The maximum Gasteiger partial charge on any atom is 0.222 e. The van der Waals surface area contributed by atoms with E-state index in [1.54, 1.807) is 12.1 Å². The molecule has 18 heavy (non-hydrogen) atoms. The Kier molecular flexibility index (Phi) is 4.88. The van der Waals surface area contributed by atoms with E-state index in [9.17, 15) is 9.59 Å². The maximum atomic E-state index is 10.9. The van der Waals surface area contributed by atoms with Crippen LogP contribution in [0.25, 0.3) is 0 Å². The summed E-state index contributed by atoms with van der Waals surface area (Å²) in [6, 6.07) is 3.48. The van der Waals surface area contributed by atoms with E-state index in [-0.39, 0.29) is 11.8 Å². The highest BCUT2D eigenvalue weighted by atomic mass is 16.2. The first kappa shape index (κ1) is 13.7. The lowest BCUT2D eigenvalue weighted by Crippen LogP contribution is -2.19. The van der Waals surface area contributed by atoms with Gasteiger partial charge in [-0.1, -0.05) is 11.8 Å². The Hall–Kier alpha value is -2.35. The number of aromatic nitrogens is 1. The van der Waals surface area contributed by atoms with Gasteiger partial charge in [0.1, 0.15) is 5.82 Å². The first-order chi connectivity index (χ1) is 8.49. The first-order valence-corrected chi connectivity index (χ1v) is 5.47. The first-order valence-electron chi connectivity index (χ1n) is 5.47. The van der Waals surface area contributed by atoms with Crippen molar-refractivity contribution in [3.05, 3.63) is 23.4 Å². The van der Waals surface area contributed by atoms with Gasteiger partial charge in [0, 0.05) is 19.4 Å². The van der Waals surface area contributed by atoms with Gasteiger partial charge >= 0.3 is 0 Å². The van der Waals surface area contributed by atoms with Crippen molar-refractivity contribution in [2.24, 2.45) is 0 Å². The fraction of sp³-hybridized carbons (Fsp3) is 0.308. The van der Waals surface area contributed by atoms with Crippen LogP contribution in [0.5, 0.6) is 0 Å². The normalized spacial score (nSPS) is 9.06. The average molecular weight is 245 g/mol. The molecule has 1 rings (SSSR count). The number of rotatable bonds is 2. The average Bonchev–Trinajstić information content (AvgIpc) is 2.25. The lowest BCUT2D eigenvalue weighted by atomic mass is 10.2. The summed E-state index contributed by atoms with van der Waals surface area (Å²) in [5.41, 5.74) is 1.51. The second-order valence-electron chi connectivity index (χ2n) is 3.72. The van der Waals surface area contributed by atoms with Gasteiger partial charge in [-0.15, -0.1) is 0 Å². The molecule has 5 heteroatoms. The van der Waals surface area contributed by atoms with E-state index in [0.717, 1.165) is 11.3 Å². The van der Waals surface area contributed by atoms with E-state index < -0.39 is 0 Å². The largest absolute Gasteiger partial charge is 0.345 e. The molecule has 1 heterocycles. The van der Waals surface area contributed by atoms with Crippen LogP contribution in [0, 0.1) is 18.8 Å². The van der Waals surface area contributed by atoms with E-state index in [1.165, 1.54) is 13.8 Å². The Morgan fingerprint density at radius 3 is 2.56 bits per heavy atom.